The molecule has 5 aromatic rings. The lowest BCUT2D eigenvalue weighted by Gasteiger charge is -2.13. The van der Waals surface area contributed by atoms with Gasteiger partial charge in [-0.2, -0.15) is 0 Å². The van der Waals surface area contributed by atoms with Crippen molar-refractivity contribution in [3.8, 4) is 17.2 Å². The van der Waals surface area contributed by atoms with E-state index >= 15 is 0 Å². The van der Waals surface area contributed by atoms with Crippen LogP contribution in [-0.2, 0) is 4.74 Å². The molecule has 5 rings (SSSR count). The molecule has 3 aromatic carbocycles. The topological polar surface area (TPSA) is 91.5 Å². The van der Waals surface area contributed by atoms with Crippen molar-refractivity contribution in [3.63, 3.8) is 0 Å². The van der Waals surface area contributed by atoms with Gasteiger partial charge in [0.2, 0.25) is 0 Å². The average molecular weight is 442 g/mol. The van der Waals surface area contributed by atoms with Gasteiger partial charge in [-0.05, 0) is 61.0 Å². The maximum absolute atomic E-state index is 6.06. The Kier molecular flexibility index (Phi) is 5.73. The van der Waals surface area contributed by atoms with Crippen LogP contribution in [0.15, 0.2) is 71.7 Å². The van der Waals surface area contributed by atoms with E-state index in [1.807, 2.05) is 61.5 Å². The van der Waals surface area contributed by atoms with Gasteiger partial charge in [-0.25, -0.2) is 15.0 Å². The van der Waals surface area contributed by atoms with E-state index in [9.17, 15) is 0 Å². The Labute approximate surface area is 190 Å². The molecule has 2 aromatic heterocycles. The van der Waals surface area contributed by atoms with Crippen LogP contribution in [0.3, 0.4) is 0 Å². The molecule has 0 amide bonds. The number of fused-ring (bicyclic) bond motifs is 2. The van der Waals surface area contributed by atoms with Crippen LogP contribution in [0.25, 0.3) is 22.0 Å². The highest BCUT2D eigenvalue weighted by Crippen LogP contribution is 2.31. The Hall–Kier alpha value is -4.17. The molecule has 33 heavy (non-hydrogen) atoms. The maximum Gasteiger partial charge on any atom is 0.181 e. The lowest BCUT2D eigenvalue weighted by molar-refractivity contribution is 0.146. The standard InChI is InChI=1S/C25H22N4O4/c1-16-11-17(3-7-23(16)33-19-5-8-24-22(13-19)28-15-32-24)29-25-20-12-18(31-10-9-30-2)4-6-21(20)26-14-27-25/h3-8,11-15H,9-10H2,1-2H3,(H,26,27,29). The summed E-state index contributed by atoms with van der Waals surface area (Å²) < 4.78 is 22.1. The quantitative estimate of drug-likeness (QED) is 0.309. The fourth-order valence-electron chi connectivity index (χ4n) is 3.47. The molecule has 8 heteroatoms. The van der Waals surface area contributed by atoms with Crippen LogP contribution in [-0.4, -0.2) is 35.3 Å². The van der Waals surface area contributed by atoms with Crippen LogP contribution in [0, 0.1) is 6.92 Å². The van der Waals surface area contributed by atoms with E-state index < -0.39 is 0 Å². The minimum Gasteiger partial charge on any atom is -0.491 e. The van der Waals surface area contributed by atoms with Gasteiger partial charge in [0, 0.05) is 24.2 Å². The van der Waals surface area contributed by atoms with Gasteiger partial charge < -0.3 is 23.9 Å². The molecule has 0 saturated carbocycles. The van der Waals surface area contributed by atoms with Crippen LogP contribution in [0.1, 0.15) is 5.56 Å². The molecule has 0 fully saturated rings. The van der Waals surface area contributed by atoms with Crippen LogP contribution >= 0.6 is 0 Å². The summed E-state index contributed by atoms with van der Waals surface area (Å²) >= 11 is 0. The fraction of sp³-hybridized carbons (Fsp3) is 0.160. The molecule has 0 aliphatic rings. The lowest BCUT2D eigenvalue weighted by atomic mass is 10.2. The number of hydrogen-bond acceptors (Lipinski definition) is 8. The number of nitrogens with one attached hydrogen (secondary N) is 1. The Morgan fingerprint density at radius 3 is 2.67 bits per heavy atom. The molecule has 2 heterocycles. The van der Waals surface area contributed by atoms with Crippen molar-refractivity contribution < 1.29 is 18.6 Å². The van der Waals surface area contributed by atoms with E-state index in [1.54, 1.807) is 13.4 Å². The second kappa shape index (κ2) is 9.13. The van der Waals surface area contributed by atoms with Crippen LogP contribution in [0.5, 0.6) is 17.2 Å². The largest absolute Gasteiger partial charge is 0.491 e. The number of aryl methyl sites for hydroxylation is 1. The molecule has 0 atom stereocenters. The first-order valence-corrected chi connectivity index (χ1v) is 10.4. The van der Waals surface area contributed by atoms with Crippen molar-refractivity contribution in [2.75, 3.05) is 25.6 Å². The van der Waals surface area contributed by atoms with Crippen molar-refractivity contribution in [2.45, 2.75) is 6.92 Å². The molecule has 0 spiro atoms. The summed E-state index contributed by atoms with van der Waals surface area (Å²) in [5.41, 5.74) is 4.17. The van der Waals surface area contributed by atoms with Gasteiger partial charge in [-0.1, -0.05) is 0 Å². The van der Waals surface area contributed by atoms with Crippen LogP contribution in [0.2, 0.25) is 0 Å². The Morgan fingerprint density at radius 1 is 0.879 bits per heavy atom. The van der Waals surface area contributed by atoms with Gasteiger partial charge in [-0.3, -0.25) is 0 Å². The molecular weight excluding hydrogens is 420 g/mol. The van der Waals surface area contributed by atoms with E-state index in [0.717, 1.165) is 44.8 Å². The molecule has 1 N–H and O–H groups in total. The third-order valence-corrected chi connectivity index (χ3v) is 5.13. The second-order valence-corrected chi connectivity index (χ2v) is 7.43. The average Bonchev–Trinajstić information content (AvgIpc) is 3.29. The highest BCUT2D eigenvalue weighted by Gasteiger charge is 2.09. The molecule has 0 radical (unpaired) electrons. The smallest absolute Gasteiger partial charge is 0.181 e. The zero-order valence-electron chi connectivity index (χ0n) is 18.2. The predicted molar refractivity (Wildman–Crippen MR) is 125 cm³/mol. The normalized spacial score (nSPS) is 11.1. The lowest BCUT2D eigenvalue weighted by Crippen LogP contribution is -2.04. The van der Waals surface area contributed by atoms with Crippen LogP contribution < -0.4 is 14.8 Å². The van der Waals surface area contributed by atoms with Crippen molar-refractivity contribution in [1.29, 1.82) is 0 Å². The van der Waals surface area contributed by atoms with Gasteiger partial charge in [0.25, 0.3) is 0 Å². The maximum atomic E-state index is 6.06. The monoisotopic (exact) mass is 442 g/mol. The summed E-state index contributed by atoms with van der Waals surface area (Å²) in [6.07, 6.45) is 2.96. The minimum atomic E-state index is 0.475. The zero-order chi connectivity index (χ0) is 22.6. The summed E-state index contributed by atoms with van der Waals surface area (Å²) in [5.74, 6) is 2.89. The van der Waals surface area contributed by atoms with Crippen LogP contribution in [0.4, 0.5) is 11.5 Å². The highest BCUT2D eigenvalue weighted by atomic mass is 16.5. The second-order valence-electron chi connectivity index (χ2n) is 7.43. The van der Waals surface area contributed by atoms with Gasteiger partial charge >= 0.3 is 0 Å². The van der Waals surface area contributed by atoms with E-state index in [4.69, 9.17) is 18.6 Å². The number of rotatable bonds is 8. The highest BCUT2D eigenvalue weighted by molar-refractivity contribution is 5.91. The Morgan fingerprint density at radius 2 is 1.79 bits per heavy atom. The zero-order valence-corrected chi connectivity index (χ0v) is 18.2. The van der Waals surface area contributed by atoms with E-state index in [-0.39, 0.29) is 0 Å². The first-order chi connectivity index (χ1) is 16.2. The van der Waals surface area contributed by atoms with Gasteiger partial charge in [0.1, 0.15) is 41.5 Å². The van der Waals surface area contributed by atoms with Gasteiger partial charge in [-0.15, -0.1) is 0 Å². The van der Waals surface area contributed by atoms with Crippen molar-refractivity contribution in [3.05, 3.63) is 72.9 Å². The van der Waals surface area contributed by atoms with E-state index in [0.29, 0.717) is 24.8 Å². The minimum absolute atomic E-state index is 0.475. The molecule has 0 saturated heterocycles. The molecular formula is C25H22N4O4. The SMILES string of the molecule is COCCOc1ccc2ncnc(Nc3ccc(Oc4ccc5ocnc5c4)c(C)c3)c2c1. The molecule has 0 unspecified atom stereocenters. The van der Waals surface area contributed by atoms with Crippen molar-refractivity contribution in [1.82, 2.24) is 15.0 Å². The predicted octanol–water partition coefficient (Wildman–Crippen LogP) is 5.64. The van der Waals surface area contributed by atoms with Gasteiger partial charge in [0.05, 0.1) is 12.1 Å². The Balaban J connectivity index is 1.36. The molecule has 0 aliphatic carbocycles. The van der Waals surface area contributed by atoms with E-state index in [1.165, 1.54) is 6.39 Å². The number of nitrogens with zero attached hydrogens (tertiary/aromatic N) is 3. The Bertz CT molecular complexity index is 1420. The molecule has 166 valence electrons. The van der Waals surface area contributed by atoms with E-state index in [2.05, 4.69) is 20.3 Å². The summed E-state index contributed by atoms with van der Waals surface area (Å²) in [5, 5.41) is 4.25. The fourth-order valence-corrected chi connectivity index (χ4v) is 3.47. The first kappa shape index (κ1) is 20.7. The number of aromatic nitrogens is 3. The molecule has 0 aliphatic heterocycles. The summed E-state index contributed by atoms with van der Waals surface area (Å²) in [7, 11) is 1.65. The summed E-state index contributed by atoms with van der Waals surface area (Å²) in [6, 6.07) is 17.2. The number of oxazole rings is 1. The molecule has 0 bridgehead atoms. The van der Waals surface area contributed by atoms with Gasteiger partial charge in [0.15, 0.2) is 12.0 Å². The first-order valence-electron chi connectivity index (χ1n) is 10.4. The third-order valence-electron chi connectivity index (χ3n) is 5.13. The number of ether oxygens (including phenoxy) is 3. The summed E-state index contributed by atoms with van der Waals surface area (Å²) in [6.45, 7) is 2.99. The summed E-state index contributed by atoms with van der Waals surface area (Å²) in [4.78, 5) is 13.0. The number of methoxy groups -OCH3 is 1. The number of benzene rings is 3. The number of hydrogen-bond donors (Lipinski definition) is 1. The van der Waals surface area contributed by atoms with Crippen molar-refractivity contribution in [2.24, 2.45) is 0 Å². The molecule has 8 nitrogen and oxygen atoms in total. The van der Waals surface area contributed by atoms with Crippen molar-refractivity contribution >= 4 is 33.5 Å². The number of anilines is 2. The third kappa shape index (κ3) is 4.56.